The van der Waals surface area contributed by atoms with Crippen molar-refractivity contribution < 1.29 is 9.53 Å². The summed E-state index contributed by atoms with van der Waals surface area (Å²) in [6, 6.07) is 8.27. The lowest BCUT2D eigenvalue weighted by atomic mass is 9.96. The largest absolute Gasteiger partial charge is 0.373 e. The van der Waals surface area contributed by atoms with Crippen molar-refractivity contribution in [2.75, 3.05) is 6.61 Å². The van der Waals surface area contributed by atoms with E-state index >= 15 is 0 Å². The zero-order valence-electron chi connectivity index (χ0n) is 12.6. The Kier molecular flexibility index (Phi) is 3.22. The fraction of sp³-hybridized carbons (Fsp3) is 0.412. The Morgan fingerprint density at radius 2 is 2.00 bits per heavy atom. The third-order valence-electron chi connectivity index (χ3n) is 4.61. The van der Waals surface area contributed by atoms with Crippen LogP contribution in [0.4, 0.5) is 0 Å². The number of nitrogens with zero attached hydrogens (tertiary/aromatic N) is 3. The van der Waals surface area contributed by atoms with Crippen molar-refractivity contribution in [1.29, 1.82) is 0 Å². The third-order valence-corrected chi connectivity index (χ3v) is 4.61. The van der Waals surface area contributed by atoms with Gasteiger partial charge in [-0.25, -0.2) is 0 Å². The van der Waals surface area contributed by atoms with Crippen LogP contribution in [-0.2, 0) is 29.7 Å². The molecule has 0 radical (unpaired) electrons. The highest BCUT2D eigenvalue weighted by Crippen LogP contribution is 2.37. The minimum absolute atomic E-state index is 0.0986. The lowest BCUT2D eigenvalue weighted by molar-refractivity contribution is -0.138. The highest BCUT2D eigenvalue weighted by atomic mass is 16.5. The van der Waals surface area contributed by atoms with E-state index in [1.165, 1.54) is 11.1 Å². The van der Waals surface area contributed by atoms with Gasteiger partial charge in [0.1, 0.15) is 0 Å². The minimum atomic E-state index is -0.162. The van der Waals surface area contributed by atoms with E-state index in [4.69, 9.17) is 4.74 Å². The van der Waals surface area contributed by atoms with Gasteiger partial charge in [0.2, 0.25) is 5.91 Å². The molecule has 0 unspecified atom stereocenters. The van der Waals surface area contributed by atoms with Gasteiger partial charge in [0.25, 0.3) is 0 Å². The second kappa shape index (κ2) is 5.25. The molecule has 1 saturated heterocycles. The van der Waals surface area contributed by atoms with Crippen LogP contribution in [0.25, 0.3) is 0 Å². The predicted molar refractivity (Wildman–Crippen MR) is 80.7 cm³/mol. The Bertz CT molecular complexity index is 684. The molecule has 2 aromatic rings. The van der Waals surface area contributed by atoms with Crippen LogP contribution in [-0.4, -0.2) is 27.2 Å². The number of rotatable bonds is 2. The standard InChI is InChI=1S/C17H19N3O2/c1-19-9-14(8-18-19)16-15(6-7-22-16)17(21)20-10-12-4-2-3-5-13(12)11-20/h2-5,8-9,15-16H,6-7,10-11H2,1H3/t15-,16+/m0/s1. The third kappa shape index (κ3) is 2.22. The molecule has 0 saturated carbocycles. The number of carbonyl (C=O) groups is 1. The molecule has 2 atom stereocenters. The number of aryl methyl sites for hydroxylation is 1. The summed E-state index contributed by atoms with van der Waals surface area (Å²) in [5, 5.41) is 4.20. The first-order valence-electron chi connectivity index (χ1n) is 7.68. The van der Waals surface area contributed by atoms with Gasteiger partial charge in [0.15, 0.2) is 0 Å². The molecule has 2 aliphatic heterocycles. The normalized spacial score (nSPS) is 23.8. The summed E-state index contributed by atoms with van der Waals surface area (Å²) in [6.45, 7) is 2.06. The molecule has 3 heterocycles. The Morgan fingerprint density at radius 1 is 1.27 bits per heavy atom. The summed E-state index contributed by atoms with van der Waals surface area (Å²) in [7, 11) is 1.88. The lowest BCUT2D eigenvalue weighted by Crippen LogP contribution is -2.33. The van der Waals surface area contributed by atoms with Gasteiger partial charge in [-0.05, 0) is 17.5 Å². The van der Waals surface area contributed by atoms with Crippen LogP contribution in [0.15, 0.2) is 36.7 Å². The minimum Gasteiger partial charge on any atom is -0.373 e. The van der Waals surface area contributed by atoms with Gasteiger partial charge in [-0.3, -0.25) is 9.48 Å². The second-order valence-corrected chi connectivity index (χ2v) is 6.10. The number of aromatic nitrogens is 2. The maximum absolute atomic E-state index is 12.9. The van der Waals surface area contributed by atoms with Gasteiger partial charge in [-0.1, -0.05) is 24.3 Å². The molecule has 22 heavy (non-hydrogen) atoms. The van der Waals surface area contributed by atoms with E-state index in [1.807, 2.05) is 30.3 Å². The molecular weight excluding hydrogens is 278 g/mol. The summed E-state index contributed by atoms with van der Waals surface area (Å²) in [5.74, 6) is 0.0982. The van der Waals surface area contributed by atoms with Crippen molar-refractivity contribution >= 4 is 5.91 Å². The lowest BCUT2D eigenvalue weighted by Gasteiger charge is -2.23. The van der Waals surface area contributed by atoms with Crippen molar-refractivity contribution in [3.63, 3.8) is 0 Å². The summed E-state index contributed by atoms with van der Waals surface area (Å²) in [5.41, 5.74) is 3.51. The van der Waals surface area contributed by atoms with E-state index in [1.54, 1.807) is 10.9 Å². The number of carbonyl (C=O) groups excluding carboxylic acids is 1. The van der Waals surface area contributed by atoms with Crippen molar-refractivity contribution in [2.24, 2.45) is 13.0 Å². The predicted octanol–water partition coefficient (Wildman–Crippen LogP) is 2.04. The van der Waals surface area contributed by atoms with E-state index in [0.717, 1.165) is 12.0 Å². The fourth-order valence-corrected chi connectivity index (χ4v) is 3.48. The molecule has 114 valence electrons. The smallest absolute Gasteiger partial charge is 0.229 e. The summed E-state index contributed by atoms with van der Waals surface area (Å²) in [6.07, 6.45) is 4.36. The van der Waals surface area contributed by atoms with Gasteiger partial charge in [-0.2, -0.15) is 5.10 Å². The summed E-state index contributed by atoms with van der Waals surface area (Å²) in [4.78, 5) is 14.9. The molecule has 0 bridgehead atoms. The fourth-order valence-electron chi connectivity index (χ4n) is 3.48. The van der Waals surface area contributed by atoms with Crippen molar-refractivity contribution in [3.05, 3.63) is 53.3 Å². The molecule has 5 heteroatoms. The maximum Gasteiger partial charge on any atom is 0.229 e. The van der Waals surface area contributed by atoms with Crippen molar-refractivity contribution in [2.45, 2.75) is 25.6 Å². The quantitative estimate of drug-likeness (QED) is 0.852. The molecule has 2 aliphatic rings. The highest BCUT2D eigenvalue weighted by molar-refractivity contribution is 5.80. The number of hydrogen-bond acceptors (Lipinski definition) is 3. The first kappa shape index (κ1) is 13.5. The zero-order valence-corrected chi connectivity index (χ0v) is 12.6. The SMILES string of the molecule is Cn1cc([C@H]2OCC[C@@H]2C(=O)N2Cc3ccccc3C2)cn1. The Hall–Kier alpha value is -2.14. The number of benzene rings is 1. The Morgan fingerprint density at radius 3 is 2.64 bits per heavy atom. The summed E-state index contributed by atoms with van der Waals surface area (Å²) < 4.78 is 7.58. The average Bonchev–Trinajstić information content (AvgIpc) is 3.24. The van der Waals surface area contributed by atoms with Gasteiger partial charge in [0.05, 0.1) is 18.2 Å². The average molecular weight is 297 g/mol. The Labute approximate surface area is 129 Å². The van der Waals surface area contributed by atoms with Crippen molar-refractivity contribution in [3.8, 4) is 0 Å². The molecule has 0 spiro atoms. The van der Waals surface area contributed by atoms with Crippen LogP contribution in [0.1, 0.15) is 29.2 Å². The van der Waals surface area contributed by atoms with E-state index in [2.05, 4.69) is 17.2 Å². The molecule has 4 rings (SSSR count). The highest BCUT2D eigenvalue weighted by Gasteiger charge is 2.39. The first-order valence-corrected chi connectivity index (χ1v) is 7.68. The number of ether oxygens (including phenoxy) is 1. The number of hydrogen-bond donors (Lipinski definition) is 0. The first-order chi connectivity index (χ1) is 10.7. The van der Waals surface area contributed by atoms with E-state index < -0.39 is 0 Å². The van der Waals surface area contributed by atoms with Gasteiger partial charge < -0.3 is 9.64 Å². The zero-order chi connectivity index (χ0) is 15.1. The maximum atomic E-state index is 12.9. The van der Waals surface area contributed by atoms with Gasteiger partial charge in [0, 0.05) is 38.5 Å². The number of amides is 1. The molecule has 1 aromatic heterocycles. The topological polar surface area (TPSA) is 47.4 Å². The molecule has 1 amide bonds. The molecule has 1 aromatic carbocycles. The Balaban J connectivity index is 1.53. The van der Waals surface area contributed by atoms with Gasteiger partial charge >= 0.3 is 0 Å². The monoisotopic (exact) mass is 297 g/mol. The van der Waals surface area contributed by atoms with Gasteiger partial charge in [-0.15, -0.1) is 0 Å². The number of fused-ring (bicyclic) bond motifs is 1. The van der Waals surface area contributed by atoms with Crippen LogP contribution < -0.4 is 0 Å². The molecule has 5 nitrogen and oxygen atoms in total. The van der Waals surface area contributed by atoms with Crippen LogP contribution in [0.5, 0.6) is 0 Å². The molecular formula is C17H19N3O2. The van der Waals surface area contributed by atoms with E-state index in [0.29, 0.717) is 19.7 Å². The molecule has 1 fully saturated rings. The van der Waals surface area contributed by atoms with E-state index in [-0.39, 0.29) is 17.9 Å². The molecule has 0 N–H and O–H groups in total. The van der Waals surface area contributed by atoms with Crippen LogP contribution in [0.2, 0.25) is 0 Å². The van der Waals surface area contributed by atoms with Crippen molar-refractivity contribution in [1.82, 2.24) is 14.7 Å². The van der Waals surface area contributed by atoms with Crippen LogP contribution in [0, 0.1) is 5.92 Å². The molecule has 0 aliphatic carbocycles. The van der Waals surface area contributed by atoms with Crippen LogP contribution >= 0.6 is 0 Å². The summed E-state index contributed by atoms with van der Waals surface area (Å²) >= 11 is 0. The van der Waals surface area contributed by atoms with Crippen LogP contribution in [0.3, 0.4) is 0 Å². The van der Waals surface area contributed by atoms with E-state index in [9.17, 15) is 4.79 Å². The second-order valence-electron chi connectivity index (χ2n) is 6.10.